The van der Waals surface area contributed by atoms with Crippen LogP contribution in [0, 0.1) is 29.9 Å². The van der Waals surface area contributed by atoms with E-state index < -0.39 is 29.3 Å². The minimum absolute atomic E-state index is 0.0148. The number of aryl methyl sites for hydroxylation is 1. The van der Waals surface area contributed by atoms with Gasteiger partial charge in [-0.15, -0.1) is 0 Å². The molecule has 32 heavy (non-hydrogen) atoms. The van der Waals surface area contributed by atoms with Crippen molar-refractivity contribution < 1.29 is 24.0 Å². The number of benzene rings is 2. The van der Waals surface area contributed by atoms with Crippen LogP contribution in [0.3, 0.4) is 0 Å². The number of esters is 1. The highest BCUT2D eigenvalue weighted by Gasteiger charge is 2.37. The number of amides is 2. The summed E-state index contributed by atoms with van der Waals surface area (Å²) in [5, 5.41) is 14.2. The molecule has 0 spiro atoms. The van der Waals surface area contributed by atoms with Gasteiger partial charge in [0.1, 0.15) is 0 Å². The molecule has 168 valence electrons. The minimum Gasteiger partial charge on any atom is -0.455 e. The molecule has 9 nitrogen and oxygen atoms in total. The fourth-order valence-corrected chi connectivity index (χ4v) is 3.90. The third kappa shape index (κ3) is 5.08. The lowest BCUT2D eigenvalue weighted by Crippen LogP contribution is -2.28. The minimum atomic E-state index is -0.778. The molecule has 0 saturated carbocycles. The van der Waals surface area contributed by atoms with Crippen molar-refractivity contribution in [3.8, 4) is 0 Å². The maximum atomic E-state index is 12.4. The van der Waals surface area contributed by atoms with Crippen LogP contribution in [0.5, 0.6) is 0 Å². The van der Waals surface area contributed by atoms with Gasteiger partial charge in [0.05, 0.1) is 21.6 Å². The van der Waals surface area contributed by atoms with Gasteiger partial charge in [-0.2, -0.15) is 0 Å². The molecule has 2 aromatic rings. The normalized spacial score (nSPS) is 15.6. The zero-order valence-electron chi connectivity index (χ0n) is 17.2. The third-order valence-electron chi connectivity index (χ3n) is 5.12. The Morgan fingerprint density at radius 2 is 2.03 bits per heavy atom. The predicted molar refractivity (Wildman–Crippen MR) is 122 cm³/mol. The number of carbonyl (C=O) groups is 3. The lowest BCUT2D eigenvalue weighted by Gasteiger charge is -2.17. The molecular weight excluding hydrogens is 506 g/mol. The highest BCUT2D eigenvalue weighted by atomic mass is 79.9. The molecule has 1 N–H and O–H groups in total. The van der Waals surface area contributed by atoms with Crippen LogP contribution in [-0.2, 0) is 19.1 Å². The predicted octanol–water partition coefficient (Wildman–Crippen LogP) is 4.16. The number of hydrogen-bond donors (Lipinski definition) is 1. The number of hydrogen-bond acceptors (Lipinski definition) is 6. The molecule has 0 unspecified atom stereocenters. The molecule has 3 rings (SSSR count). The first-order valence-electron chi connectivity index (χ1n) is 9.55. The van der Waals surface area contributed by atoms with Crippen molar-refractivity contribution in [1.29, 1.82) is 0 Å². The van der Waals surface area contributed by atoms with E-state index in [-0.39, 0.29) is 24.6 Å². The van der Waals surface area contributed by atoms with Crippen molar-refractivity contribution in [2.75, 3.05) is 23.4 Å². The van der Waals surface area contributed by atoms with E-state index in [0.29, 0.717) is 32.0 Å². The number of nitrogens with zero attached hydrogens (tertiary/aromatic N) is 2. The second-order valence-electron chi connectivity index (χ2n) is 7.32. The van der Waals surface area contributed by atoms with E-state index in [1.54, 1.807) is 38.1 Å². The van der Waals surface area contributed by atoms with E-state index in [1.807, 2.05) is 0 Å². The van der Waals surface area contributed by atoms with E-state index in [4.69, 9.17) is 16.3 Å². The summed E-state index contributed by atoms with van der Waals surface area (Å²) < 4.78 is 5.78. The average molecular weight is 525 g/mol. The first-order chi connectivity index (χ1) is 15.1. The Hall–Kier alpha value is -2.98. The van der Waals surface area contributed by atoms with E-state index in [9.17, 15) is 24.5 Å². The van der Waals surface area contributed by atoms with Gasteiger partial charge < -0.3 is 15.0 Å². The van der Waals surface area contributed by atoms with Gasteiger partial charge in [0.2, 0.25) is 5.91 Å². The summed E-state index contributed by atoms with van der Waals surface area (Å²) in [5.41, 5.74) is 1.84. The molecule has 2 aromatic carbocycles. The smallest absolute Gasteiger partial charge is 0.311 e. The molecule has 0 bridgehead atoms. The van der Waals surface area contributed by atoms with Gasteiger partial charge in [-0.3, -0.25) is 24.5 Å². The second-order valence-corrected chi connectivity index (χ2v) is 8.56. The quantitative estimate of drug-likeness (QED) is 0.344. The largest absolute Gasteiger partial charge is 0.455 e. The first-order valence-corrected chi connectivity index (χ1v) is 10.7. The van der Waals surface area contributed by atoms with Crippen molar-refractivity contribution >= 4 is 62.4 Å². The van der Waals surface area contributed by atoms with Crippen molar-refractivity contribution in [1.82, 2.24) is 0 Å². The molecule has 1 fully saturated rings. The summed E-state index contributed by atoms with van der Waals surface area (Å²) in [7, 11) is 0. The van der Waals surface area contributed by atoms with Crippen molar-refractivity contribution in [3.05, 3.63) is 61.1 Å². The molecule has 0 aromatic heterocycles. The summed E-state index contributed by atoms with van der Waals surface area (Å²) in [6.45, 7) is 2.83. The number of nitro groups is 1. The van der Waals surface area contributed by atoms with Crippen LogP contribution < -0.4 is 10.2 Å². The molecule has 1 heterocycles. The van der Waals surface area contributed by atoms with Crippen LogP contribution in [-0.4, -0.2) is 35.9 Å². The van der Waals surface area contributed by atoms with Gasteiger partial charge >= 0.3 is 5.97 Å². The number of rotatable bonds is 6. The van der Waals surface area contributed by atoms with Gasteiger partial charge in [-0.05, 0) is 53.5 Å². The summed E-state index contributed by atoms with van der Waals surface area (Å²) >= 11 is 9.43. The topological polar surface area (TPSA) is 119 Å². The Labute approximate surface area is 196 Å². The molecule has 1 saturated heterocycles. The Kier molecular flexibility index (Phi) is 7.15. The summed E-state index contributed by atoms with van der Waals surface area (Å²) in [4.78, 5) is 48.9. The first kappa shape index (κ1) is 23.7. The molecule has 2 amide bonds. The van der Waals surface area contributed by atoms with Crippen LogP contribution >= 0.6 is 27.5 Å². The van der Waals surface area contributed by atoms with Crippen molar-refractivity contribution in [3.63, 3.8) is 0 Å². The average Bonchev–Trinajstić information content (AvgIpc) is 3.14. The van der Waals surface area contributed by atoms with Gasteiger partial charge in [-0.25, -0.2) is 0 Å². The highest BCUT2D eigenvalue weighted by Crippen LogP contribution is 2.32. The molecular formula is C21H19BrClN3O6. The monoisotopic (exact) mass is 523 g/mol. The number of anilines is 2. The van der Waals surface area contributed by atoms with Crippen LogP contribution in [0.1, 0.15) is 17.5 Å². The maximum absolute atomic E-state index is 12.4. The number of carbonyl (C=O) groups excluding carboxylic acids is 3. The Bertz CT molecular complexity index is 1120. The summed E-state index contributed by atoms with van der Waals surface area (Å²) in [6.07, 6.45) is -0.108. The van der Waals surface area contributed by atoms with Crippen LogP contribution in [0.4, 0.5) is 17.1 Å². The highest BCUT2D eigenvalue weighted by molar-refractivity contribution is 9.10. The fourth-order valence-electron chi connectivity index (χ4n) is 3.31. The lowest BCUT2D eigenvalue weighted by atomic mass is 10.1. The number of nitrogens with one attached hydrogen (secondary N) is 1. The number of ether oxygens (including phenoxy) is 1. The molecule has 1 aliphatic rings. The third-order valence-corrected chi connectivity index (χ3v) is 6.49. The van der Waals surface area contributed by atoms with Gasteiger partial charge in [0, 0.05) is 34.8 Å². The van der Waals surface area contributed by atoms with E-state index >= 15 is 0 Å². The number of halogens is 2. The standard InChI is InChI=1S/C21H19BrClN3O6/c1-11-3-4-14(8-17(11)26(30)31)25-9-13(7-19(25)28)21(29)32-10-18(27)24-16-6-5-15(22)20(23)12(16)2/h3-6,8,13H,7,9-10H2,1-2H3,(H,24,27)/t13-/m0/s1. The molecule has 0 radical (unpaired) electrons. The molecule has 11 heteroatoms. The zero-order valence-corrected chi connectivity index (χ0v) is 19.5. The Morgan fingerprint density at radius 3 is 2.72 bits per heavy atom. The van der Waals surface area contributed by atoms with Crippen molar-refractivity contribution in [2.45, 2.75) is 20.3 Å². The number of nitro benzene ring substituents is 1. The van der Waals surface area contributed by atoms with E-state index in [2.05, 4.69) is 21.2 Å². The SMILES string of the molecule is Cc1ccc(N2C[C@@H](C(=O)OCC(=O)Nc3ccc(Br)c(Cl)c3C)CC2=O)cc1[N+](=O)[O-]. The van der Waals surface area contributed by atoms with Crippen molar-refractivity contribution in [2.24, 2.45) is 5.92 Å². The zero-order chi connectivity index (χ0) is 23.6. The molecule has 0 aliphatic carbocycles. The van der Waals surface area contributed by atoms with Gasteiger partial charge in [0.25, 0.3) is 11.6 Å². The summed E-state index contributed by atoms with van der Waals surface area (Å²) in [6, 6.07) is 7.80. The Morgan fingerprint density at radius 1 is 1.31 bits per heavy atom. The fraction of sp³-hybridized carbons (Fsp3) is 0.286. The van der Waals surface area contributed by atoms with Gasteiger partial charge in [0.15, 0.2) is 6.61 Å². The van der Waals surface area contributed by atoms with Crippen LogP contribution in [0.25, 0.3) is 0 Å². The van der Waals surface area contributed by atoms with E-state index in [1.165, 1.54) is 11.0 Å². The summed E-state index contributed by atoms with van der Waals surface area (Å²) in [5.74, 6) is -2.37. The van der Waals surface area contributed by atoms with E-state index in [0.717, 1.165) is 0 Å². The lowest BCUT2D eigenvalue weighted by molar-refractivity contribution is -0.385. The Balaban J connectivity index is 1.59. The second kappa shape index (κ2) is 9.66. The molecule has 1 atom stereocenters. The maximum Gasteiger partial charge on any atom is 0.311 e. The van der Waals surface area contributed by atoms with Crippen LogP contribution in [0.2, 0.25) is 5.02 Å². The molecule has 1 aliphatic heterocycles. The van der Waals surface area contributed by atoms with Gasteiger partial charge in [-0.1, -0.05) is 17.7 Å². The van der Waals surface area contributed by atoms with Crippen LogP contribution in [0.15, 0.2) is 34.8 Å².